The molecular weight excluding hydrogens is 240 g/mol. The van der Waals surface area contributed by atoms with E-state index >= 15 is 0 Å². The highest BCUT2D eigenvalue weighted by Gasteiger charge is 1.98. The molecule has 78 valence electrons. The van der Waals surface area contributed by atoms with Crippen LogP contribution in [0.25, 0.3) is 0 Å². The van der Waals surface area contributed by atoms with Crippen LogP contribution in [-0.4, -0.2) is 27.2 Å². The fraction of sp³-hybridized carbons (Fsp3) is 0.400. The molecule has 0 atom stereocenters. The molecule has 0 amide bonds. The average Bonchev–Trinajstić information content (AvgIpc) is 2.01. The van der Waals surface area contributed by atoms with Gasteiger partial charge in [-0.15, -0.1) is 5.75 Å². The number of hydrogen-bond acceptors (Lipinski definition) is 9. The minimum atomic E-state index is -0.429. The predicted molar refractivity (Wildman–Crippen MR) is 64.1 cm³/mol. The molecule has 0 aliphatic heterocycles. The van der Waals surface area contributed by atoms with E-state index < -0.39 is 8.01 Å². The summed E-state index contributed by atoms with van der Waals surface area (Å²) in [7, 11) is -0.429. The summed E-state index contributed by atoms with van der Waals surface area (Å²) in [5.74, 6) is 1.24. The van der Waals surface area contributed by atoms with Gasteiger partial charge in [0.15, 0.2) is 0 Å². The molecule has 0 unspecified atom stereocenters. The predicted octanol–water partition coefficient (Wildman–Crippen LogP) is -1.01. The van der Waals surface area contributed by atoms with Gasteiger partial charge in [-0.05, 0) is 0 Å². The molecule has 1 rings (SSSR count). The molecule has 0 fully saturated rings. The Labute approximate surface area is 92.4 Å². The molecule has 5 N–H and O–H groups in total. The zero-order valence-electron chi connectivity index (χ0n) is 7.14. The molecule has 0 saturated heterocycles. The van der Waals surface area contributed by atoms with Crippen molar-refractivity contribution in [2.75, 3.05) is 29.1 Å². The van der Waals surface area contributed by atoms with Gasteiger partial charge in [-0.1, -0.05) is 0 Å². The summed E-state index contributed by atoms with van der Waals surface area (Å²) in [5, 5.41) is 2.91. The van der Waals surface area contributed by atoms with Crippen LogP contribution in [0.4, 0.5) is 17.8 Å². The lowest BCUT2D eigenvalue weighted by Gasteiger charge is -2.06. The van der Waals surface area contributed by atoms with Gasteiger partial charge in [0.2, 0.25) is 17.8 Å². The van der Waals surface area contributed by atoms with E-state index in [-0.39, 0.29) is 11.9 Å². The van der Waals surface area contributed by atoms with Crippen LogP contribution in [0.3, 0.4) is 0 Å². The van der Waals surface area contributed by atoms with Crippen LogP contribution in [0.2, 0.25) is 0 Å². The normalized spacial score (nSPS) is 10.4. The molecule has 1 aromatic heterocycles. The largest absolute Gasteiger partial charge is 0.368 e. The van der Waals surface area contributed by atoms with Crippen molar-refractivity contribution in [1.29, 1.82) is 0 Å². The standard InChI is InChI=1S/C5H9N6S3/c6-3-9-4(7)11-5(10-3)8-1-2-14(12)13/h1-2H2,(H5,6,7,8,9,10,11)/q-1. The summed E-state index contributed by atoms with van der Waals surface area (Å²) in [4.78, 5) is 11.3. The Morgan fingerprint density at radius 1 is 1.14 bits per heavy atom. The molecule has 0 saturated carbocycles. The molecule has 0 spiro atoms. The maximum absolute atomic E-state index is 5.37. The van der Waals surface area contributed by atoms with Crippen molar-refractivity contribution >= 4 is 48.2 Å². The Balaban J connectivity index is 2.58. The number of hydrogen-bond donors (Lipinski definition) is 3. The van der Waals surface area contributed by atoms with Crippen molar-refractivity contribution in [3.63, 3.8) is 0 Å². The van der Waals surface area contributed by atoms with Gasteiger partial charge < -0.3 is 24.8 Å². The highest BCUT2D eigenvalue weighted by Crippen LogP contribution is 2.02. The Hall–Kier alpha value is -0.800. The SMILES string of the molecule is Nc1nc(N)nc(NCC[S-](=S)=S)n1. The van der Waals surface area contributed by atoms with E-state index in [1.807, 2.05) is 0 Å². The van der Waals surface area contributed by atoms with Crippen molar-refractivity contribution in [3.8, 4) is 0 Å². The van der Waals surface area contributed by atoms with Gasteiger partial charge in [-0.25, -0.2) is 0 Å². The third-order valence-corrected chi connectivity index (χ3v) is 2.76. The minimum absolute atomic E-state index is 0.0933. The Bertz CT molecular complexity index is 361. The topological polar surface area (TPSA) is 103 Å². The first kappa shape index (κ1) is 11.3. The van der Waals surface area contributed by atoms with Crippen LogP contribution >= 0.6 is 0 Å². The van der Waals surface area contributed by atoms with E-state index in [9.17, 15) is 0 Å². The third-order valence-electron chi connectivity index (χ3n) is 1.22. The first-order valence-corrected chi connectivity index (χ1v) is 6.89. The van der Waals surface area contributed by atoms with E-state index in [2.05, 4.69) is 20.3 Å². The number of nitrogens with one attached hydrogen (secondary N) is 1. The van der Waals surface area contributed by atoms with Crippen LogP contribution in [0.5, 0.6) is 0 Å². The van der Waals surface area contributed by atoms with Crippen LogP contribution in [-0.2, 0) is 30.4 Å². The second kappa shape index (κ2) is 5.17. The first-order valence-electron chi connectivity index (χ1n) is 3.64. The summed E-state index contributed by atoms with van der Waals surface area (Å²) in [6, 6.07) is 0. The van der Waals surface area contributed by atoms with Gasteiger partial charge in [0.1, 0.15) is 0 Å². The average molecular weight is 249 g/mol. The molecule has 9 heteroatoms. The molecule has 0 radical (unpaired) electrons. The molecule has 14 heavy (non-hydrogen) atoms. The summed E-state index contributed by atoms with van der Waals surface area (Å²) < 4.78 is 0. The summed E-state index contributed by atoms with van der Waals surface area (Å²) in [6.07, 6.45) is 0. The Morgan fingerprint density at radius 3 is 2.21 bits per heavy atom. The second-order valence-electron chi connectivity index (χ2n) is 2.31. The van der Waals surface area contributed by atoms with Crippen LogP contribution in [0.15, 0.2) is 0 Å². The number of aromatic nitrogens is 3. The van der Waals surface area contributed by atoms with Crippen molar-refractivity contribution in [2.24, 2.45) is 0 Å². The zero-order chi connectivity index (χ0) is 10.6. The number of anilines is 3. The first-order chi connectivity index (χ1) is 6.58. The molecule has 0 aliphatic rings. The molecule has 1 aromatic rings. The van der Waals surface area contributed by atoms with Gasteiger partial charge in [0.25, 0.3) is 0 Å². The summed E-state index contributed by atoms with van der Waals surface area (Å²) >= 11 is 9.69. The Morgan fingerprint density at radius 2 is 1.71 bits per heavy atom. The van der Waals surface area contributed by atoms with E-state index in [1.54, 1.807) is 0 Å². The monoisotopic (exact) mass is 249 g/mol. The van der Waals surface area contributed by atoms with E-state index in [1.165, 1.54) is 0 Å². The van der Waals surface area contributed by atoms with Crippen molar-refractivity contribution < 1.29 is 0 Å². The van der Waals surface area contributed by atoms with E-state index in [0.717, 1.165) is 0 Å². The van der Waals surface area contributed by atoms with Gasteiger partial charge >= 0.3 is 0 Å². The van der Waals surface area contributed by atoms with Gasteiger partial charge in [0, 0.05) is 6.54 Å². The molecule has 1 heterocycles. The number of nitrogen functional groups attached to an aromatic ring is 2. The fourth-order valence-electron chi connectivity index (χ4n) is 0.735. The van der Waals surface area contributed by atoms with E-state index in [0.29, 0.717) is 18.2 Å². The van der Waals surface area contributed by atoms with Crippen molar-refractivity contribution in [3.05, 3.63) is 0 Å². The van der Waals surface area contributed by atoms with Crippen molar-refractivity contribution in [1.82, 2.24) is 15.0 Å². The van der Waals surface area contributed by atoms with Crippen LogP contribution in [0.1, 0.15) is 0 Å². The number of nitrogens with zero attached hydrogens (tertiary/aromatic N) is 3. The second-order valence-corrected chi connectivity index (χ2v) is 6.37. The quantitative estimate of drug-likeness (QED) is 0.583. The summed E-state index contributed by atoms with van der Waals surface area (Å²) in [5.41, 5.74) is 10.7. The summed E-state index contributed by atoms with van der Waals surface area (Å²) in [6.45, 7) is 0.610. The molecule has 0 aromatic carbocycles. The van der Waals surface area contributed by atoms with Gasteiger partial charge in [-0.2, -0.15) is 15.0 Å². The highest BCUT2D eigenvalue weighted by atomic mass is 33.1. The maximum atomic E-state index is 5.37. The smallest absolute Gasteiger partial charge is 0.229 e. The highest BCUT2D eigenvalue weighted by molar-refractivity contribution is 8.46. The third kappa shape index (κ3) is 3.94. The van der Waals surface area contributed by atoms with Gasteiger partial charge in [0.05, 0.1) is 0 Å². The molecular formula is C5H9N6S3-. The minimum Gasteiger partial charge on any atom is -0.368 e. The van der Waals surface area contributed by atoms with Crippen LogP contribution in [0, 0.1) is 0 Å². The van der Waals surface area contributed by atoms with E-state index in [4.69, 9.17) is 33.8 Å². The molecule has 6 nitrogen and oxygen atoms in total. The lowest BCUT2D eigenvalue weighted by molar-refractivity contribution is 1.04. The fourth-order valence-corrected chi connectivity index (χ4v) is 1.50. The van der Waals surface area contributed by atoms with Crippen LogP contribution < -0.4 is 16.8 Å². The van der Waals surface area contributed by atoms with Gasteiger partial charge in [-0.3, -0.25) is 22.4 Å². The lowest BCUT2D eigenvalue weighted by atomic mass is 10.7. The van der Waals surface area contributed by atoms with Crippen molar-refractivity contribution in [2.45, 2.75) is 0 Å². The zero-order valence-corrected chi connectivity index (χ0v) is 9.58. The number of rotatable bonds is 4. The number of nitrogens with two attached hydrogens (primary N) is 2. The molecule has 0 bridgehead atoms. The lowest BCUT2D eigenvalue weighted by Crippen LogP contribution is -2.12. The molecule has 0 aliphatic carbocycles. The maximum Gasteiger partial charge on any atom is 0.229 e. The Kier molecular flexibility index (Phi) is 4.17.